The van der Waals surface area contributed by atoms with Crippen molar-refractivity contribution < 1.29 is 13.2 Å². The Morgan fingerprint density at radius 1 is 1.11 bits per heavy atom. The molecule has 1 fully saturated rings. The Morgan fingerprint density at radius 2 is 1.81 bits per heavy atom. The van der Waals surface area contributed by atoms with Crippen molar-refractivity contribution in [3.05, 3.63) is 58.1 Å². The molecule has 0 aromatic heterocycles. The molecule has 144 valence electrons. The van der Waals surface area contributed by atoms with Crippen molar-refractivity contribution in [1.82, 2.24) is 4.31 Å². The van der Waals surface area contributed by atoms with E-state index >= 15 is 0 Å². The van der Waals surface area contributed by atoms with Gasteiger partial charge in [-0.3, -0.25) is 4.79 Å². The van der Waals surface area contributed by atoms with Crippen LogP contribution in [0.4, 0.5) is 5.69 Å². The SMILES string of the molecule is Cc1ccc(NC(=O)C2CCCCN2S(=O)(=O)c2ccc(Cl)cc2)c(Cl)c1. The lowest BCUT2D eigenvalue weighted by Gasteiger charge is -2.33. The summed E-state index contributed by atoms with van der Waals surface area (Å²) < 4.78 is 27.4. The number of rotatable bonds is 4. The number of halogens is 2. The fourth-order valence-corrected chi connectivity index (χ4v) is 5.20. The van der Waals surface area contributed by atoms with E-state index in [-0.39, 0.29) is 10.8 Å². The molecule has 1 unspecified atom stereocenters. The first-order valence-electron chi connectivity index (χ1n) is 8.63. The predicted molar refractivity (Wildman–Crippen MR) is 108 cm³/mol. The van der Waals surface area contributed by atoms with Gasteiger partial charge in [0.25, 0.3) is 0 Å². The van der Waals surface area contributed by atoms with Gasteiger partial charge in [-0.05, 0) is 61.7 Å². The molecule has 2 aromatic carbocycles. The first kappa shape index (κ1) is 20.1. The maximum atomic E-state index is 13.1. The molecule has 1 atom stereocenters. The van der Waals surface area contributed by atoms with Gasteiger partial charge in [0.15, 0.2) is 0 Å². The highest BCUT2D eigenvalue weighted by atomic mass is 35.5. The van der Waals surface area contributed by atoms with Crippen LogP contribution in [0.25, 0.3) is 0 Å². The third kappa shape index (κ3) is 4.46. The molecule has 27 heavy (non-hydrogen) atoms. The number of piperidine rings is 1. The van der Waals surface area contributed by atoms with Crippen molar-refractivity contribution in [1.29, 1.82) is 0 Å². The molecule has 2 aromatic rings. The van der Waals surface area contributed by atoms with Gasteiger partial charge in [-0.2, -0.15) is 4.31 Å². The molecule has 0 saturated carbocycles. The maximum Gasteiger partial charge on any atom is 0.243 e. The van der Waals surface area contributed by atoms with Gasteiger partial charge < -0.3 is 5.32 Å². The molecule has 1 amide bonds. The predicted octanol–water partition coefficient (Wildman–Crippen LogP) is 4.48. The summed E-state index contributed by atoms with van der Waals surface area (Å²) in [5, 5.41) is 3.65. The highest BCUT2D eigenvalue weighted by Gasteiger charge is 2.37. The van der Waals surface area contributed by atoms with E-state index in [1.807, 2.05) is 13.0 Å². The van der Waals surface area contributed by atoms with Gasteiger partial charge in [0.05, 0.1) is 15.6 Å². The van der Waals surface area contributed by atoms with Crippen LogP contribution < -0.4 is 5.32 Å². The number of hydrogen-bond donors (Lipinski definition) is 1. The number of carbonyl (C=O) groups is 1. The molecule has 1 aliphatic rings. The van der Waals surface area contributed by atoms with E-state index in [0.717, 1.165) is 12.0 Å². The lowest BCUT2D eigenvalue weighted by Crippen LogP contribution is -2.49. The van der Waals surface area contributed by atoms with Crippen molar-refractivity contribution >= 4 is 44.8 Å². The quantitative estimate of drug-likeness (QED) is 0.782. The van der Waals surface area contributed by atoms with Crippen LogP contribution >= 0.6 is 23.2 Å². The number of carbonyl (C=O) groups excluding carboxylic acids is 1. The summed E-state index contributed by atoms with van der Waals surface area (Å²) in [7, 11) is -3.80. The van der Waals surface area contributed by atoms with E-state index in [9.17, 15) is 13.2 Å². The molecule has 1 saturated heterocycles. The standard InChI is InChI=1S/C19H20Cl2N2O3S/c1-13-5-10-17(16(21)12-13)22-19(24)18-4-2-3-11-23(18)27(25,26)15-8-6-14(20)7-9-15/h5-10,12,18H,2-4,11H2,1H3,(H,22,24). The number of hydrogen-bond acceptors (Lipinski definition) is 3. The molecule has 0 radical (unpaired) electrons. The van der Waals surface area contributed by atoms with Gasteiger partial charge in [-0.25, -0.2) is 8.42 Å². The molecule has 1 aliphatic heterocycles. The van der Waals surface area contributed by atoms with Crippen LogP contribution in [0.15, 0.2) is 47.4 Å². The number of nitrogens with zero attached hydrogens (tertiary/aromatic N) is 1. The third-order valence-electron chi connectivity index (χ3n) is 4.56. The Labute approximate surface area is 169 Å². The molecular weight excluding hydrogens is 407 g/mol. The van der Waals surface area contributed by atoms with Crippen molar-refractivity contribution in [2.75, 3.05) is 11.9 Å². The molecule has 5 nitrogen and oxygen atoms in total. The zero-order valence-corrected chi connectivity index (χ0v) is 17.1. The monoisotopic (exact) mass is 426 g/mol. The second-order valence-electron chi connectivity index (χ2n) is 6.55. The van der Waals surface area contributed by atoms with Gasteiger partial charge >= 0.3 is 0 Å². The summed E-state index contributed by atoms with van der Waals surface area (Å²) >= 11 is 12.0. The minimum absolute atomic E-state index is 0.125. The summed E-state index contributed by atoms with van der Waals surface area (Å²) in [5.41, 5.74) is 1.45. The Kier molecular flexibility index (Phi) is 6.11. The number of nitrogens with one attached hydrogen (secondary N) is 1. The number of anilines is 1. The normalized spacial score (nSPS) is 18.3. The van der Waals surface area contributed by atoms with Crippen LogP contribution in [-0.2, 0) is 14.8 Å². The molecule has 3 rings (SSSR count). The molecule has 0 aliphatic carbocycles. The van der Waals surface area contributed by atoms with E-state index in [0.29, 0.717) is 35.1 Å². The summed E-state index contributed by atoms with van der Waals surface area (Å²) in [5.74, 6) is -0.377. The highest BCUT2D eigenvalue weighted by molar-refractivity contribution is 7.89. The molecule has 1 N–H and O–H groups in total. The Balaban J connectivity index is 1.86. The van der Waals surface area contributed by atoms with Crippen LogP contribution in [-0.4, -0.2) is 31.2 Å². The number of amides is 1. The minimum atomic E-state index is -3.80. The molecule has 0 bridgehead atoms. The summed E-state index contributed by atoms with van der Waals surface area (Å²) in [6.07, 6.45) is 1.95. The van der Waals surface area contributed by atoms with Crippen LogP contribution in [0.3, 0.4) is 0 Å². The van der Waals surface area contributed by atoms with Crippen LogP contribution in [0.1, 0.15) is 24.8 Å². The second kappa shape index (κ2) is 8.19. The van der Waals surface area contributed by atoms with Gasteiger partial charge in [0, 0.05) is 11.6 Å². The van der Waals surface area contributed by atoms with E-state index in [1.54, 1.807) is 12.1 Å². The Morgan fingerprint density at radius 3 is 2.48 bits per heavy atom. The van der Waals surface area contributed by atoms with Gasteiger partial charge in [-0.15, -0.1) is 0 Å². The van der Waals surface area contributed by atoms with Crippen molar-refractivity contribution in [2.24, 2.45) is 0 Å². The second-order valence-corrected chi connectivity index (χ2v) is 9.29. The van der Waals surface area contributed by atoms with Gasteiger partial charge in [0.1, 0.15) is 6.04 Å². The Bertz CT molecular complexity index is 946. The van der Waals surface area contributed by atoms with E-state index in [4.69, 9.17) is 23.2 Å². The Hall–Kier alpha value is -1.60. The summed E-state index contributed by atoms with van der Waals surface area (Å²) in [4.78, 5) is 13.0. The van der Waals surface area contributed by atoms with Gasteiger partial charge in [0.2, 0.25) is 15.9 Å². The third-order valence-corrected chi connectivity index (χ3v) is 7.05. The van der Waals surface area contributed by atoms with E-state index < -0.39 is 16.1 Å². The van der Waals surface area contributed by atoms with Gasteiger partial charge in [-0.1, -0.05) is 35.7 Å². The highest BCUT2D eigenvalue weighted by Crippen LogP contribution is 2.28. The minimum Gasteiger partial charge on any atom is -0.323 e. The number of aryl methyl sites for hydroxylation is 1. The molecule has 0 spiro atoms. The fourth-order valence-electron chi connectivity index (χ4n) is 3.13. The number of benzene rings is 2. The maximum absolute atomic E-state index is 13.1. The van der Waals surface area contributed by atoms with Crippen molar-refractivity contribution in [2.45, 2.75) is 37.1 Å². The molecule has 1 heterocycles. The molecule has 8 heteroatoms. The topological polar surface area (TPSA) is 66.5 Å². The lowest BCUT2D eigenvalue weighted by molar-refractivity contribution is -0.120. The van der Waals surface area contributed by atoms with E-state index in [2.05, 4.69) is 5.32 Å². The van der Waals surface area contributed by atoms with E-state index in [1.165, 1.54) is 28.6 Å². The summed E-state index contributed by atoms with van der Waals surface area (Å²) in [6, 6.07) is 10.5. The lowest BCUT2D eigenvalue weighted by atomic mass is 10.0. The van der Waals surface area contributed by atoms with Crippen LogP contribution in [0.2, 0.25) is 10.0 Å². The zero-order valence-electron chi connectivity index (χ0n) is 14.8. The fraction of sp³-hybridized carbons (Fsp3) is 0.316. The zero-order chi connectivity index (χ0) is 19.6. The average Bonchev–Trinajstić information content (AvgIpc) is 2.64. The summed E-state index contributed by atoms with van der Waals surface area (Å²) in [6.45, 7) is 2.20. The van der Waals surface area contributed by atoms with Crippen LogP contribution in [0.5, 0.6) is 0 Å². The largest absolute Gasteiger partial charge is 0.323 e. The van der Waals surface area contributed by atoms with Crippen molar-refractivity contribution in [3.8, 4) is 0 Å². The molecular formula is C19H20Cl2N2O3S. The average molecular weight is 427 g/mol. The van der Waals surface area contributed by atoms with Crippen LogP contribution in [0, 0.1) is 6.92 Å². The first-order valence-corrected chi connectivity index (χ1v) is 10.8. The van der Waals surface area contributed by atoms with Crippen molar-refractivity contribution in [3.63, 3.8) is 0 Å². The number of sulfonamides is 1. The smallest absolute Gasteiger partial charge is 0.243 e. The first-order chi connectivity index (χ1) is 12.8.